The third kappa shape index (κ3) is 11.9. The van der Waals surface area contributed by atoms with E-state index >= 15 is 0 Å². The van der Waals surface area contributed by atoms with Gasteiger partial charge in [-0.05, 0) is 24.1 Å². The molecule has 2 heterocycles. The predicted molar refractivity (Wildman–Crippen MR) is 165 cm³/mol. The smallest absolute Gasteiger partial charge is 0.406 e. The summed E-state index contributed by atoms with van der Waals surface area (Å²) in [6.07, 6.45) is 4.91. The molecule has 0 saturated heterocycles. The van der Waals surface area contributed by atoms with Crippen molar-refractivity contribution in [1.82, 2.24) is 19.9 Å². The summed E-state index contributed by atoms with van der Waals surface area (Å²) in [6.45, 7) is 7.61. The van der Waals surface area contributed by atoms with E-state index in [9.17, 15) is 4.79 Å². The molecule has 13 nitrogen and oxygen atoms in total. The van der Waals surface area contributed by atoms with E-state index in [1.54, 1.807) is 7.11 Å². The second kappa shape index (κ2) is 19.5. The standard InChI is InChI=1S/C30H46N6O7/c1-4-5-6-10-32-28-27-25(34-29(31)35-28)9-12-36(27)21-24-8-7-23(20-26(24)38-2)22-43-19-18-42-17-16-41-15-14-40-13-11-33-30(37)39-3/h7-9,12,20H,4-6,10-11,13-19,21-22H2,1-3H3,(H,33,37)(H3,31,32,34,35). The molecule has 0 bridgehead atoms. The van der Waals surface area contributed by atoms with Gasteiger partial charge in [0.25, 0.3) is 0 Å². The van der Waals surface area contributed by atoms with E-state index in [4.69, 9.17) is 29.4 Å². The zero-order valence-corrected chi connectivity index (χ0v) is 25.6. The third-order valence-corrected chi connectivity index (χ3v) is 6.48. The number of carbonyl (C=O) groups is 1. The van der Waals surface area contributed by atoms with Gasteiger partial charge >= 0.3 is 6.09 Å². The maximum Gasteiger partial charge on any atom is 0.406 e. The Hall–Kier alpha value is -3.65. The first-order valence-corrected chi connectivity index (χ1v) is 14.7. The normalized spacial score (nSPS) is 11.1. The highest BCUT2D eigenvalue weighted by molar-refractivity contribution is 5.87. The van der Waals surface area contributed by atoms with Crippen LogP contribution in [-0.2, 0) is 36.8 Å². The molecule has 13 heteroatoms. The van der Waals surface area contributed by atoms with Crippen molar-refractivity contribution in [2.75, 3.05) is 84.6 Å². The number of nitrogen functional groups attached to an aromatic ring is 1. The average Bonchev–Trinajstić information content (AvgIpc) is 3.41. The van der Waals surface area contributed by atoms with Gasteiger partial charge in [0.1, 0.15) is 11.3 Å². The monoisotopic (exact) mass is 602 g/mol. The highest BCUT2D eigenvalue weighted by Gasteiger charge is 2.14. The quantitative estimate of drug-likeness (QED) is 0.145. The topological polar surface area (TPSA) is 153 Å². The van der Waals surface area contributed by atoms with Crippen LogP contribution in [-0.4, -0.2) is 94.2 Å². The summed E-state index contributed by atoms with van der Waals surface area (Å²) in [5.74, 6) is 1.79. The fourth-order valence-corrected chi connectivity index (χ4v) is 4.30. The van der Waals surface area contributed by atoms with E-state index in [-0.39, 0.29) is 5.95 Å². The van der Waals surface area contributed by atoms with Crippen molar-refractivity contribution in [3.63, 3.8) is 0 Å². The molecule has 2 aromatic heterocycles. The number of hydrogen-bond donors (Lipinski definition) is 3. The van der Waals surface area contributed by atoms with Crippen LogP contribution in [0.2, 0.25) is 0 Å². The third-order valence-electron chi connectivity index (χ3n) is 6.48. The van der Waals surface area contributed by atoms with Crippen LogP contribution in [0, 0.1) is 0 Å². The molecule has 0 aliphatic rings. The zero-order valence-electron chi connectivity index (χ0n) is 25.6. The van der Waals surface area contributed by atoms with Crippen molar-refractivity contribution in [2.24, 2.45) is 0 Å². The minimum Gasteiger partial charge on any atom is -0.496 e. The van der Waals surface area contributed by atoms with E-state index in [0.717, 1.165) is 59.5 Å². The van der Waals surface area contributed by atoms with Crippen LogP contribution in [0.15, 0.2) is 30.5 Å². The molecule has 3 rings (SSSR count). The van der Waals surface area contributed by atoms with Crippen molar-refractivity contribution in [2.45, 2.75) is 39.3 Å². The Morgan fingerprint density at radius 3 is 2.33 bits per heavy atom. The van der Waals surface area contributed by atoms with E-state index in [0.29, 0.717) is 65.9 Å². The Balaban J connectivity index is 1.37. The summed E-state index contributed by atoms with van der Waals surface area (Å²) < 4.78 is 34.5. The number of methoxy groups -OCH3 is 2. The van der Waals surface area contributed by atoms with Crippen LogP contribution < -0.4 is 21.1 Å². The van der Waals surface area contributed by atoms with Crippen LogP contribution >= 0.6 is 0 Å². The molecule has 0 saturated carbocycles. The molecule has 43 heavy (non-hydrogen) atoms. The molecule has 0 unspecified atom stereocenters. The summed E-state index contributed by atoms with van der Waals surface area (Å²) in [4.78, 5) is 19.8. The number of rotatable bonds is 22. The molecule has 1 amide bonds. The van der Waals surface area contributed by atoms with Crippen LogP contribution in [0.3, 0.4) is 0 Å². The van der Waals surface area contributed by atoms with Gasteiger partial charge in [0, 0.05) is 24.8 Å². The Morgan fingerprint density at radius 2 is 1.63 bits per heavy atom. The first kappa shape index (κ1) is 33.8. The van der Waals surface area contributed by atoms with Gasteiger partial charge in [-0.15, -0.1) is 0 Å². The molecule has 0 spiro atoms. The Labute approximate surface area is 253 Å². The predicted octanol–water partition coefficient (Wildman–Crippen LogP) is 3.59. The van der Waals surface area contributed by atoms with Crippen molar-refractivity contribution in [3.05, 3.63) is 41.6 Å². The summed E-state index contributed by atoms with van der Waals surface area (Å²) in [7, 11) is 2.99. The van der Waals surface area contributed by atoms with Crippen molar-refractivity contribution >= 4 is 28.9 Å². The van der Waals surface area contributed by atoms with E-state index in [1.165, 1.54) is 7.11 Å². The molecule has 0 radical (unpaired) electrons. The number of fused-ring (bicyclic) bond motifs is 1. The molecule has 4 N–H and O–H groups in total. The summed E-state index contributed by atoms with van der Waals surface area (Å²) in [5, 5.41) is 5.98. The van der Waals surface area contributed by atoms with Crippen molar-refractivity contribution in [1.29, 1.82) is 0 Å². The second-order valence-corrected chi connectivity index (χ2v) is 9.70. The van der Waals surface area contributed by atoms with E-state index < -0.39 is 6.09 Å². The Kier molecular flexibility index (Phi) is 15.4. The van der Waals surface area contributed by atoms with Crippen LogP contribution in [0.1, 0.15) is 37.3 Å². The molecule has 0 atom stereocenters. The lowest BCUT2D eigenvalue weighted by molar-refractivity contribution is -0.00375. The molecular weight excluding hydrogens is 556 g/mol. The molecule has 0 aliphatic carbocycles. The second-order valence-electron chi connectivity index (χ2n) is 9.70. The number of nitrogens with one attached hydrogen (secondary N) is 2. The minimum absolute atomic E-state index is 0.258. The fourth-order valence-electron chi connectivity index (χ4n) is 4.30. The van der Waals surface area contributed by atoms with E-state index in [1.807, 2.05) is 24.4 Å². The van der Waals surface area contributed by atoms with Gasteiger partial charge in [0.05, 0.1) is 79.1 Å². The highest BCUT2D eigenvalue weighted by Crippen LogP contribution is 2.27. The van der Waals surface area contributed by atoms with E-state index in [2.05, 4.69) is 42.9 Å². The summed E-state index contributed by atoms with van der Waals surface area (Å²) in [6, 6.07) is 8.06. The van der Waals surface area contributed by atoms with Crippen molar-refractivity contribution < 1.29 is 33.2 Å². The zero-order chi connectivity index (χ0) is 30.7. The Bertz CT molecular complexity index is 1240. The minimum atomic E-state index is -0.473. The lowest BCUT2D eigenvalue weighted by atomic mass is 10.1. The number of ether oxygens (including phenoxy) is 6. The molecule has 1 aromatic carbocycles. The van der Waals surface area contributed by atoms with Gasteiger partial charge in [-0.25, -0.2) is 9.78 Å². The molecule has 238 valence electrons. The summed E-state index contributed by atoms with van der Waals surface area (Å²) >= 11 is 0. The number of anilines is 2. The summed E-state index contributed by atoms with van der Waals surface area (Å²) in [5.41, 5.74) is 9.73. The van der Waals surface area contributed by atoms with Gasteiger partial charge in [-0.2, -0.15) is 4.98 Å². The fraction of sp³-hybridized carbons (Fsp3) is 0.567. The molecule has 0 aliphatic heterocycles. The Morgan fingerprint density at radius 1 is 0.907 bits per heavy atom. The number of nitrogens with zero attached hydrogens (tertiary/aromatic N) is 3. The van der Waals surface area contributed by atoms with Crippen LogP contribution in [0.5, 0.6) is 5.75 Å². The number of unbranched alkanes of at least 4 members (excludes halogenated alkanes) is 2. The van der Waals surface area contributed by atoms with Gasteiger partial charge in [-0.1, -0.05) is 31.9 Å². The maximum atomic E-state index is 10.9. The number of alkyl carbamates (subject to hydrolysis) is 1. The number of aromatic nitrogens is 3. The largest absolute Gasteiger partial charge is 0.496 e. The average molecular weight is 603 g/mol. The lowest BCUT2D eigenvalue weighted by Crippen LogP contribution is -2.27. The number of nitrogens with two attached hydrogens (primary N) is 1. The maximum absolute atomic E-state index is 10.9. The number of hydrogen-bond acceptors (Lipinski definition) is 11. The van der Waals surface area contributed by atoms with Gasteiger partial charge < -0.3 is 49.4 Å². The van der Waals surface area contributed by atoms with Crippen molar-refractivity contribution in [3.8, 4) is 5.75 Å². The molecular formula is C30H46N6O7. The van der Waals surface area contributed by atoms with Gasteiger partial charge in [-0.3, -0.25) is 0 Å². The number of benzene rings is 1. The molecule has 0 fully saturated rings. The lowest BCUT2D eigenvalue weighted by Gasteiger charge is -2.14. The first-order valence-electron chi connectivity index (χ1n) is 14.7. The number of carbonyl (C=O) groups excluding carboxylic acids is 1. The first-order chi connectivity index (χ1) is 21.0. The van der Waals surface area contributed by atoms with Gasteiger partial charge in [0.15, 0.2) is 5.82 Å². The van der Waals surface area contributed by atoms with Gasteiger partial charge in [0.2, 0.25) is 5.95 Å². The SMILES string of the molecule is CCCCCNc1nc(N)nc2ccn(Cc3ccc(COCCOCCOCCOCCNC(=O)OC)cc3OC)c12. The highest BCUT2D eigenvalue weighted by atomic mass is 16.6. The van der Waals surface area contributed by atoms with Crippen LogP contribution in [0.4, 0.5) is 16.6 Å². The number of amides is 1. The van der Waals surface area contributed by atoms with Crippen LogP contribution in [0.25, 0.3) is 11.0 Å². The molecule has 3 aromatic rings.